The topological polar surface area (TPSA) is 129 Å². The maximum atomic E-state index is 13.1. The first-order valence-corrected chi connectivity index (χ1v) is 13.6. The van der Waals surface area contributed by atoms with Crippen molar-refractivity contribution < 1.29 is 26.3 Å². The summed E-state index contributed by atoms with van der Waals surface area (Å²) in [6, 6.07) is 17.4. The molecule has 2 N–H and O–H groups in total. The molecule has 4 rings (SSSR count). The Labute approximate surface area is 209 Å². The molecule has 188 valence electrons. The van der Waals surface area contributed by atoms with E-state index >= 15 is 0 Å². The monoisotopic (exact) mass is 528 g/mol. The number of hydrogen-bond donors (Lipinski definition) is 2. The van der Waals surface area contributed by atoms with Crippen LogP contribution < -0.4 is 18.9 Å². The molecule has 0 spiro atoms. The van der Waals surface area contributed by atoms with E-state index < -0.39 is 20.0 Å². The number of hydrogen-bond acceptors (Lipinski definition) is 7. The summed E-state index contributed by atoms with van der Waals surface area (Å²) in [5.74, 6) is 1.40. The molecule has 0 bridgehead atoms. The number of anilines is 2. The van der Waals surface area contributed by atoms with Crippen LogP contribution in [0.15, 0.2) is 89.2 Å². The Balaban J connectivity index is 1.70. The van der Waals surface area contributed by atoms with E-state index in [0.29, 0.717) is 11.5 Å². The first-order chi connectivity index (χ1) is 17.1. The zero-order valence-electron chi connectivity index (χ0n) is 19.7. The number of ether oxygens (including phenoxy) is 2. The summed E-state index contributed by atoms with van der Waals surface area (Å²) >= 11 is 0. The van der Waals surface area contributed by atoms with E-state index in [0.717, 1.165) is 5.56 Å². The van der Waals surface area contributed by atoms with E-state index in [1.165, 1.54) is 47.4 Å². The Morgan fingerprint density at radius 1 is 0.778 bits per heavy atom. The Morgan fingerprint density at radius 2 is 1.39 bits per heavy atom. The van der Waals surface area contributed by atoms with Crippen LogP contribution in [0.3, 0.4) is 0 Å². The van der Waals surface area contributed by atoms with Crippen LogP contribution in [0, 0.1) is 6.92 Å². The number of rotatable bonds is 9. The van der Waals surface area contributed by atoms with Crippen LogP contribution in [0.4, 0.5) is 11.4 Å². The van der Waals surface area contributed by atoms with Crippen LogP contribution in [-0.2, 0) is 27.1 Å². The highest BCUT2D eigenvalue weighted by atomic mass is 32.2. The number of aryl methyl sites for hydroxylation is 2. The summed E-state index contributed by atoms with van der Waals surface area (Å²) in [5.41, 5.74) is 0.868. The number of aromatic nitrogens is 2. The van der Waals surface area contributed by atoms with Gasteiger partial charge in [-0.2, -0.15) is 8.42 Å². The van der Waals surface area contributed by atoms with Crippen LogP contribution in [0.2, 0.25) is 0 Å². The first-order valence-electron chi connectivity index (χ1n) is 10.6. The van der Waals surface area contributed by atoms with Gasteiger partial charge in [0.1, 0.15) is 17.2 Å². The molecule has 0 fully saturated rings. The molecule has 0 aliphatic carbocycles. The van der Waals surface area contributed by atoms with Crippen molar-refractivity contribution in [3.05, 3.63) is 84.8 Å². The van der Waals surface area contributed by atoms with Gasteiger partial charge in [-0.15, -0.1) is 0 Å². The summed E-state index contributed by atoms with van der Waals surface area (Å²) in [4.78, 5) is 3.89. The lowest BCUT2D eigenvalue weighted by Crippen LogP contribution is -2.18. The third-order valence-electron chi connectivity index (χ3n) is 5.06. The number of methoxy groups -OCH3 is 1. The summed E-state index contributed by atoms with van der Waals surface area (Å²) < 4.78 is 69.2. The number of sulfonamides is 2. The minimum Gasteiger partial charge on any atom is -0.497 e. The molecule has 0 saturated carbocycles. The molecule has 1 heterocycles. The maximum absolute atomic E-state index is 13.1. The van der Waals surface area contributed by atoms with Gasteiger partial charge in [0.25, 0.3) is 20.0 Å². The molecule has 4 aromatic rings. The lowest BCUT2D eigenvalue weighted by molar-refractivity contribution is 0.413. The fraction of sp³-hybridized carbons (Fsp3) is 0.125. The van der Waals surface area contributed by atoms with Gasteiger partial charge in [0.2, 0.25) is 0 Å². The Hall–Kier alpha value is -4.03. The number of benzene rings is 3. The average Bonchev–Trinajstić information content (AvgIpc) is 3.29. The summed E-state index contributed by atoms with van der Waals surface area (Å²) in [5, 5.41) is -0.212. The molecule has 10 nitrogen and oxygen atoms in total. The van der Waals surface area contributed by atoms with Gasteiger partial charge in [0.05, 0.1) is 29.7 Å². The molecule has 0 atom stereocenters. The second-order valence-electron chi connectivity index (χ2n) is 7.89. The Morgan fingerprint density at radius 3 is 2.00 bits per heavy atom. The van der Waals surface area contributed by atoms with Crippen molar-refractivity contribution in [3.63, 3.8) is 0 Å². The quantitative estimate of drug-likeness (QED) is 0.334. The van der Waals surface area contributed by atoms with Gasteiger partial charge < -0.3 is 14.0 Å². The van der Waals surface area contributed by atoms with Gasteiger partial charge in [0, 0.05) is 19.3 Å². The zero-order valence-corrected chi connectivity index (χ0v) is 21.3. The maximum Gasteiger partial charge on any atom is 0.281 e. The van der Waals surface area contributed by atoms with E-state index in [2.05, 4.69) is 14.4 Å². The zero-order chi connectivity index (χ0) is 25.9. The van der Waals surface area contributed by atoms with E-state index in [9.17, 15) is 16.8 Å². The van der Waals surface area contributed by atoms with Gasteiger partial charge in [-0.1, -0.05) is 17.7 Å². The largest absolute Gasteiger partial charge is 0.497 e. The highest BCUT2D eigenvalue weighted by Gasteiger charge is 2.22. The summed E-state index contributed by atoms with van der Waals surface area (Å²) in [6.07, 6.45) is 2.68. The molecule has 0 aliphatic heterocycles. The van der Waals surface area contributed by atoms with E-state index in [1.54, 1.807) is 50.6 Å². The molecule has 0 aliphatic rings. The predicted octanol–water partition coefficient (Wildman–Crippen LogP) is 4.13. The van der Waals surface area contributed by atoms with Crippen molar-refractivity contribution in [3.8, 4) is 17.2 Å². The second kappa shape index (κ2) is 9.91. The molecule has 0 unspecified atom stereocenters. The van der Waals surface area contributed by atoms with E-state index in [4.69, 9.17) is 9.47 Å². The standard InChI is InChI=1S/C24H24N4O6S2/c1-17-4-11-21(12-5-17)35(29,30)27-23-14-20(34-19-8-6-18(33-3)7-9-19)10-13-22(23)26-36(31,32)24-15-28(2)16-25-24/h4-16,26-27H,1-3H3. The third-order valence-corrected chi connectivity index (χ3v) is 7.69. The normalized spacial score (nSPS) is 11.6. The van der Waals surface area contributed by atoms with Crippen LogP contribution in [0.1, 0.15) is 5.56 Å². The van der Waals surface area contributed by atoms with Gasteiger partial charge >= 0.3 is 0 Å². The van der Waals surface area contributed by atoms with Crippen LogP contribution in [0.5, 0.6) is 17.2 Å². The van der Waals surface area contributed by atoms with E-state index in [-0.39, 0.29) is 27.0 Å². The molecule has 0 radical (unpaired) electrons. The average molecular weight is 529 g/mol. The van der Waals surface area contributed by atoms with Gasteiger partial charge in [-0.05, 0) is 55.5 Å². The van der Waals surface area contributed by atoms with Crippen LogP contribution in [0.25, 0.3) is 0 Å². The number of nitrogens with zero attached hydrogens (tertiary/aromatic N) is 2. The lowest BCUT2D eigenvalue weighted by Gasteiger charge is -2.16. The van der Waals surface area contributed by atoms with Crippen molar-refractivity contribution in [2.45, 2.75) is 16.8 Å². The molecule has 3 aromatic carbocycles. The molecule has 1 aromatic heterocycles. The molecular formula is C24H24N4O6S2. The predicted molar refractivity (Wildman–Crippen MR) is 136 cm³/mol. The fourth-order valence-electron chi connectivity index (χ4n) is 3.19. The van der Waals surface area contributed by atoms with Gasteiger partial charge in [-0.3, -0.25) is 9.44 Å². The molecule has 0 saturated heterocycles. The fourth-order valence-corrected chi connectivity index (χ4v) is 5.32. The van der Waals surface area contributed by atoms with Crippen molar-refractivity contribution in [2.24, 2.45) is 7.05 Å². The SMILES string of the molecule is COc1ccc(Oc2ccc(NS(=O)(=O)c3cn(C)cn3)c(NS(=O)(=O)c3ccc(C)cc3)c2)cc1. The Kier molecular flexibility index (Phi) is 6.91. The lowest BCUT2D eigenvalue weighted by atomic mass is 10.2. The minimum atomic E-state index is -4.09. The third kappa shape index (κ3) is 5.78. The smallest absolute Gasteiger partial charge is 0.281 e. The number of nitrogens with one attached hydrogen (secondary N) is 2. The highest BCUT2D eigenvalue weighted by molar-refractivity contribution is 7.93. The van der Waals surface area contributed by atoms with E-state index in [1.807, 2.05) is 6.92 Å². The van der Waals surface area contributed by atoms with Crippen LogP contribution in [-0.4, -0.2) is 33.5 Å². The van der Waals surface area contributed by atoms with Crippen LogP contribution >= 0.6 is 0 Å². The number of imidazole rings is 1. The van der Waals surface area contributed by atoms with Crippen molar-refractivity contribution in [1.82, 2.24) is 9.55 Å². The first kappa shape index (κ1) is 25.1. The molecule has 0 amide bonds. The van der Waals surface area contributed by atoms with Gasteiger partial charge in [0.15, 0.2) is 5.03 Å². The van der Waals surface area contributed by atoms with Gasteiger partial charge in [-0.25, -0.2) is 13.4 Å². The molecule has 36 heavy (non-hydrogen) atoms. The molecular weight excluding hydrogens is 504 g/mol. The van der Waals surface area contributed by atoms with Crippen molar-refractivity contribution >= 4 is 31.4 Å². The molecule has 12 heteroatoms. The highest BCUT2D eigenvalue weighted by Crippen LogP contribution is 2.33. The summed E-state index contributed by atoms with van der Waals surface area (Å²) in [7, 11) is -4.95. The summed E-state index contributed by atoms with van der Waals surface area (Å²) in [6.45, 7) is 1.84. The van der Waals surface area contributed by atoms with Crippen molar-refractivity contribution in [1.29, 1.82) is 0 Å². The Bertz CT molecular complexity index is 1580. The van der Waals surface area contributed by atoms with Crippen molar-refractivity contribution in [2.75, 3.05) is 16.6 Å². The minimum absolute atomic E-state index is 0.00146. The second-order valence-corrected chi connectivity index (χ2v) is 11.2.